The summed E-state index contributed by atoms with van der Waals surface area (Å²) in [7, 11) is 1.79. The Labute approximate surface area is 123 Å². The van der Waals surface area contributed by atoms with E-state index in [2.05, 4.69) is 36.4 Å². The maximum atomic E-state index is 5.73. The van der Waals surface area contributed by atoms with Gasteiger partial charge in [0.25, 0.3) is 0 Å². The van der Waals surface area contributed by atoms with E-state index >= 15 is 0 Å². The zero-order valence-electron chi connectivity index (χ0n) is 13.5. The second-order valence-corrected chi connectivity index (χ2v) is 6.36. The lowest BCUT2D eigenvalue weighted by Gasteiger charge is -2.24. The number of ether oxygens (including phenoxy) is 2. The van der Waals surface area contributed by atoms with Gasteiger partial charge in [-0.05, 0) is 46.0 Å². The fourth-order valence-corrected chi connectivity index (χ4v) is 2.08. The fourth-order valence-electron chi connectivity index (χ4n) is 2.08. The summed E-state index contributed by atoms with van der Waals surface area (Å²) in [6.07, 6.45) is 3.27. The maximum Gasteiger partial charge on any atom is 0.191 e. The Morgan fingerprint density at radius 3 is 2.60 bits per heavy atom. The molecule has 2 N–H and O–H groups in total. The minimum absolute atomic E-state index is 0.0292. The van der Waals surface area contributed by atoms with Gasteiger partial charge in [-0.2, -0.15) is 0 Å². The lowest BCUT2D eigenvalue weighted by atomic mass is 10.0. The molecule has 0 amide bonds. The van der Waals surface area contributed by atoms with Crippen LogP contribution in [0.3, 0.4) is 0 Å². The molecular weight excluding hydrogens is 254 g/mol. The van der Waals surface area contributed by atoms with Crippen molar-refractivity contribution >= 4 is 5.96 Å². The van der Waals surface area contributed by atoms with E-state index in [1.54, 1.807) is 7.05 Å². The van der Waals surface area contributed by atoms with Crippen LogP contribution in [0.15, 0.2) is 4.99 Å². The largest absolute Gasteiger partial charge is 0.381 e. The molecule has 1 aliphatic heterocycles. The molecule has 1 heterocycles. The molecule has 0 radical (unpaired) electrons. The second kappa shape index (κ2) is 9.19. The SMILES string of the molecule is CN=C(NCCCOCC1CCOCC1)NC(C)(C)C. The van der Waals surface area contributed by atoms with Crippen LogP contribution >= 0.6 is 0 Å². The van der Waals surface area contributed by atoms with E-state index in [0.717, 1.165) is 58.2 Å². The lowest BCUT2D eigenvalue weighted by molar-refractivity contribution is 0.0203. The van der Waals surface area contributed by atoms with Gasteiger partial charge in [0.15, 0.2) is 5.96 Å². The summed E-state index contributed by atoms with van der Waals surface area (Å²) in [4.78, 5) is 4.20. The van der Waals surface area contributed by atoms with Gasteiger partial charge >= 0.3 is 0 Å². The van der Waals surface area contributed by atoms with Gasteiger partial charge in [0.2, 0.25) is 0 Å². The van der Waals surface area contributed by atoms with Crippen LogP contribution < -0.4 is 10.6 Å². The van der Waals surface area contributed by atoms with E-state index in [0.29, 0.717) is 5.92 Å². The Morgan fingerprint density at radius 2 is 2.00 bits per heavy atom. The highest BCUT2D eigenvalue weighted by Crippen LogP contribution is 2.14. The molecule has 1 rings (SSSR count). The minimum Gasteiger partial charge on any atom is -0.381 e. The maximum absolute atomic E-state index is 5.73. The van der Waals surface area contributed by atoms with Gasteiger partial charge < -0.3 is 20.1 Å². The molecule has 1 saturated heterocycles. The molecule has 20 heavy (non-hydrogen) atoms. The highest BCUT2D eigenvalue weighted by Gasteiger charge is 2.13. The summed E-state index contributed by atoms with van der Waals surface area (Å²) >= 11 is 0. The van der Waals surface area contributed by atoms with E-state index in [1.165, 1.54) is 0 Å². The van der Waals surface area contributed by atoms with Crippen molar-refractivity contribution in [1.29, 1.82) is 0 Å². The van der Waals surface area contributed by atoms with Crippen LogP contribution in [0.2, 0.25) is 0 Å². The van der Waals surface area contributed by atoms with Crippen molar-refractivity contribution in [2.24, 2.45) is 10.9 Å². The highest BCUT2D eigenvalue weighted by molar-refractivity contribution is 5.80. The zero-order chi connectivity index (χ0) is 14.8. The molecule has 5 heteroatoms. The molecule has 0 bridgehead atoms. The number of aliphatic imine (C=N–C) groups is 1. The van der Waals surface area contributed by atoms with Crippen LogP contribution in [0, 0.1) is 5.92 Å². The van der Waals surface area contributed by atoms with Crippen LogP contribution in [-0.2, 0) is 9.47 Å². The molecule has 1 fully saturated rings. The van der Waals surface area contributed by atoms with Crippen LogP contribution in [0.25, 0.3) is 0 Å². The molecule has 0 aromatic heterocycles. The third-order valence-electron chi connectivity index (χ3n) is 3.17. The Hall–Kier alpha value is -0.810. The fraction of sp³-hybridized carbons (Fsp3) is 0.933. The van der Waals surface area contributed by atoms with Gasteiger partial charge in [0, 0.05) is 45.6 Å². The van der Waals surface area contributed by atoms with Crippen LogP contribution in [0.4, 0.5) is 0 Å². The first-order valence-corrected chi connectivity index (χ1v) is 7.65. The third kappa shape index (κ3) is 8.38. The highest BCUT2D eigenvalue weighted by atomic mass is 16.5. The standard InChI is InChI=1S/C15H31N3O2/c1-15(2,3)18-14(16-4)17-8-5-9-20-12-13-6-10-19-11-7-13/h13H,5-12H2,1-4H3,(H2,16,17,18). The third-order valence-corrected chi connectivity index (χ3v) is 3.17. The Balaban J connectivity index is 2.00. The predicted molar refractivity (Wildman–Crippen MR) is 83.2 cm³/mol. The van der Waals surface area contributed by atoms with E-state index < -0.39 is 0 Å². The summed E-state index contributed by atoms with van der Waals surface area (Å²) < 4.78 is 11.1. The van der Waals surface area contributed by atoms with E-state index in [1.807, 2.05) is 0 Å². The first kappa shape index (κ1) is 17.2. The molecule has 0 unspecified atom stereocenters. The van der Waals surface area contributed by atoms with Crippen molar-refractivity contribution in [1.82, 2.24) is 10.6 Å². The number of hydrogen-bond donors (Lipinski definition) is 2. The topological polar surface area (TPSA) is 54.9 Å². The Kier molecular flexibility index (Phi) is 7.92. The minimum atomic E-state index is 0.0292. The van der Waals surface area contributed by atoms with Gasteiger partial charge in [0.05, 0.1) is 0 Å². The van der Waals surface area contributed by atoms with Crippen LogP contribution in [0.1, 0.15) is 40.0 Å². The number of guanidine groups is 1. The summed E-state index contributed by atoms with van der Waals surface area (Å²) in [6.45, 7) is 10.7. The monoisotopic (exact) mass is 285 g/mol. The molecule has 5 nitrogen and oxygen atoms in total. The molecular formula is C15H31N3O2. The summed E-state index contributed by atoms with van der Waals surface area (Å²) in [6, 6.07) is 0. The molecule has 0 aromatic carbocycles. The first-order chi connectivity index (χ1) is 9.51. The first-order valence-electron chi connectivity index (χ1n) is 7.65. The number of hydrogen-bond acceptors (Lipinski definition) is 3. The smallest absolute Gasteiger partial charge is 0.191 e. The molecule has 0 spiro atoms. The van der Waals surface area contributed by atoms with Gasteiger partial charge in [-0.25, -0.2) is 0 Å². The predicted octanol–water partition coefficient (Wildman–Crippen LogP) is 1.78. The van der Waals surface area contributed by atoms with Gasteiger partial charge in [-0.3, -0.25) is 4.99 Å². The normalized spacial score (nSPS) is 18.1. The second-order valence-electron chi connectivity index (χ2n) is 6.36. The average Bonchev–Trinajstić information content (AvgIpc) is 2.41. The van der Waals surface area contributed by atoms with Gasteiger partial charge in [0.1, 0.15) is 0 Å². The van der Waals surface area contributed by atoms with Crippen LogP contribution in [-0.4, -0.2) is 51.5 Å². The van der Waals surface area contributed by atoms with E-state index in [-0.39, 0.29) is 5.54 Å². The average molecular weight is 285 g/mol. The molecule has 0 atom stereocenters. The number of nitrogens with zero attached hydrogens (tertiary/aromatic N) is 1. The quantitative estimate of drug-likeness (QED) is 0.444. The van der Waals surface area contributed by atoms with E-state index in [4.69, 9.17) is 9.47 Å². The molecule has 1 aliphatic rings. The molecule has 118 valence electrons. The van der Waals surface area contributed by atoms with Crippen molar-refractivity contribution in [2.75, 3.05) is 40.0 Å². The lowest BCUT2D eigenvalue weighted by Crippen LogP contribution is -2.47. The number of rotatable bonds is 6. The Bertz CT molecular complexity index is 281. The summed E-state index contributed by atoms with van der Waals surface area (Å²) in [5.74, 6) is 1.54. The van der Waals surface area contributed by atoms with Crippen molar-refractivity contribution in [3.8, 4) is 0 Å². The van der Waals surface area contributed by atoms with E-state index in [9.17, 15) is 0 Å². The number of nitrogens with one attached hydrogen (secondary N) is 2. The van der Waals surface area contributed by atoms with Crippen molar-refractivity contribution < 1.29 is 9.47 Å². The summed E-state index contributed by atoms with van der Waals surface area (Å²) in [5, 5.41) is 6.64. The van der Waals surface area contributed by atoms with Crippen molar-refractivity contribution in [3.05, 3.63) is 0 Å². The summed E-state index contributed by atoms with van der Waals surface area (Å²) in [5.41, 5.74) is 0.0292. The molecule has 0 aromatic rings. The Morgan fingerprint density at radius 1 is 1.30 bits per heavy atom. The van der Waals surface area contributed by atoms with Crippen LogP contribution in [0.5, 0.6) is 0 Å². The molecule has 0 aliphatic carbocycles. The van der Waals surface area contributed by atoms with Gasteiger partial charge in [-0.15, -0.1) is 0 Å². The van der Waals surface area contributed by atoms with Crippen molar-refractivity contribution in [2.45, 2.75) is 45.6 Å². The zero-order valence-corrected chi connectivity index (χ0v) is 13.5. The molecule has 0 saturated carbocycles. The van der Waals surface area contributed by atoms with Gasteiger partial charge in [-0.1, -0.05) is 0 Å². The van der Waals surface area contributed by atoms with Crippen molar-refractivity contribution in [3.63, 3.8) is 0 Å².